The van der Waals surface area contributed by atoms with Gasteiger partial charge in [0.05, 0.1) is 0 Å². The zero-order chi connectivity index (χ0) is 10.6. The lowest BCUT2D eigenvalue weighted by Gasteiger charge is -2.31. The minimum atomic E-state index is 0.377. The Bertz CT molecular complexity index is 154. The molecule has 0 saturated carbocycles. The van der Waals surface area contributed by atoms with Crippen LogP contribution in [0.2, 0.25) is 0 Å². The van der Waals surface area contributed by atoms with Crippen LogP contribution in [0.1, 0.15) is 40.5 Å². The summed E-state index contributed by atoms with van der Waals surface area (Å²) in [6, 6.07) is 0.601. The largest absolute Gasteiger partial charge is 0.316 e. The fraction of sp³-hybridized carbons (Fsp3) is 1.00. The van der Waals surface area contributed by atoms with Crippen molar-refractivity contribution in [3.8, 4) is 0 Å². The third-order valence-electron chi connectivity index (χ3n) is 3.41. The second-order valence-corrected chi connectivity index (χ2v) is 5.71. The van der Waals surface area contributed by atoms with Gasteiger partial charge in [0.15, 0.2) is 0 Å². The normalized spacial score (nSPS) is 26.1. The van der Waals surface area contributed by atoms with E-state index in [9.17, 15) is 0 Å². The molecule has 0 bridgehead atoms. The van der Waals surface area contributed by atoms with Crippen LogP contribution in [0.15, 0.2) is 0 Å². The van der Waals surface area contributed by atoms with Crippen molar-refractivity contribution in [2.75, 3.05) is 19.6 Å². The zero-order valence-electron chi connectivity index (χ0n) is 10.2. The van der Waals surface area contributed by atoms with Gasteiger partial charge in [-0.3, -0.25) is 0 Å². The molecule has 2 N–H and O–H groups in total. The van der Waals surface area contributed by atoms with Gasteiger partial charge in [0.2, 0.25) is 0 Å². The number of nitrogens with one attached hydrogen (secondary N) is 2. The number of hydrogen-bond acceptors (Lipinski definition) is 2. The van der Waals surface area contributed by atoms with E-state index in [0.29, 0.717) is 11.5 Å². The van der Waals surface area contributed by atoms with Crippen molar-refractivity contribution in [3.05, 3.63) is 0 Å². The maximum Gasteiger partial charge on any atom is 0.00873 e. The smallest absolute Gasteiger partial charge is 0.00873 e. The number of rotatable bonds is 3. The number of piperidine rings is 1. The molecule has 1 aliphatic heterocycles. The van der Waals surface area contributed by atoms with Crippen molar-refractivity contribution in [1.29, 1.82) is 0 Å². The monoisotopic (exact) mass is 198 g/mol. The highest BCUT2D eigenvalue weighted by atomic mass is 14.9. The molecular weight excluding hydrogens is 172 g/mol. The van der Waals surface area contributed by atoms with Gasteiger partial charge >= 0.3 is 0 Å². The highest BCUT2D eigenvalue weighted by Gasteiger charge is 2.21. The van der Waals surface area contributed by atoms with Crippen LogP contribution in [-0.4, -0.2) is 25.7 Å². The minimum Gasteiger partial charge on any atom is -0.316 e. The van der Waals surface area contributed by atoms with Crippen LogP contribution in [0.25, 0.3) is 0 Å². The highest BCUT2D eigenvalue weighted by molar-refractivity contribution is 4.79. The van der Waals surface area contributed by atoms with Crippen LogP contribution < -0.4 is 10.6 Å². The first-order valence-electron chi connectivity index (χ1n) is 5.94. The van der Waals surface area contributed by atoms with Crippen LogP contribution >= 0.6 is 0 Å². The predicted octanol–water partition coefficient (Wildman–Crippen LogP) is 2.01. The van der Waals surface area contributed by atoms with Crippen molar-refractivity contribution in [2.45, 2.75) is 46.6 Å². The first-order valence-corrected chi connectivity index (χ1v) is 5.94. The SMILES string of the molecule is CC(NCC1CCCNC1)C(C)(C)C. The minimum absolute atomic E-state index is 0.377. The summed E-state index contributed by atoms with van der Waals surface area (Å²) < 4.78 is 0. The van der Waals surface area contributed by atoms with Crippen molar-refractivity contribution in [1.82, 2.24) is 10.6 Å². The quantitative estimate of drug-likeness (QED) is 0.725. The molecule has 0 spiro atoms. The summed E-state index contributed by atoms with van der Waals surface area (Å²) in [6.45, 7) is 12.8. The highest BCUT2D eigenvalue weighted by Crippen LogP contribution is 2.19. The second kappa shape index (κ2) is 5.13. The van der Waals surface area contributed by atoms with Gasteiger partial charge in [0, 0.05) is 6.04 Å². The van der Waals surface area contributed by atoms with E-state index in [1.165, 1.54) is 32.5 Å². The maximum absolute atomic E-state index is 3.65. The fourth-order valence-electron chi connectivity index (χ4n) is 1.75. The first-order chi connectivity index (χ1) is 6.50. The Labute approximate surface area is 88.8 Å². The molecule has 14 heavy (non-hydrogen) atoms. The molecule has 2 heteroatoms. The topological polar surface area (TPSA) is 24.1 Å². The molecule has 0 aromatic rings. The molecule has 84 valence electrons. The predicted molar refractivity (Wildman–Crippen MR) is 62.5 cm³/mol. The summed E-state index contributed by atoms with van der Waals surface area (Å²) in [5, 5.41) is 7.11. The Morgan fingerprint density at radius 1 is 1.43 bits per heavy atom. The average Bonchev–Trinajstić information content (AvgIpc) is 2.14. The molecule has 0 aromatic heterocycles. The Hall–Kier alpha value is -0.0800. The third kappa shape index (κ3) is 3.97. The van der Waals surface area contributed by atoms with Gasteiger partial charge in [0.25, 0.3) is 0 Å². The van der Waals surface area contributed by atoms with Gasteiger partial charge in [-0.2, -0.15) is 0 Å². The summed E-state index contributed by atoms with van der Waals surface area (Å²) in [7, 11) is 0. The maximum atomic E-state index is 3.65. The van der Waals surface area contributed by atoms with Gasteiger partial charge < -0.3 is 10.6 Å². The Morgan fingerprint density at radius 2 is 2.14 bits per heavy atom. The molecule has 1 saturated heterocycles. The van der Waals surface area contributed by atoms with E-state index < -0.39 is 0 Å². The molecule has 0 amide bonds. The third-order valence-corrected chi connectivity index (χ3v) is 3.41. The molecule has 0 aromatic carbocycles. The van der Waals surface area contributed by atoms with E-state index >= 15 is 0 Å². The van der Waals surface area contributed by atoms with Crippen LogP contribution in [0.3, 0.4) is 0 Å². The van der Waals surface area contributed by atoms with E-state index in [2.05, 4.69) is 38.3 Å². The summed E-state index contributed by atoms with van der Waals surface area (Å²) in [6.07, 6.45) is 2.73. The lowest BCUT2D eigenvalue weighted by molar-refractivity contribution is 0.259. The van der Waals surface area contributed by atoms with E-state index in [0.717, 1.165) is 5.92 Å². The number of hydrogen-bond donors (Lipinski definition) is 2. The fourth-order valence-corrected chi connectivity index (χ4v) is 1.75. The Morgan fingerprint density at radius 3 is 2.64 bits per heavy atom. The molecule has 0 radical (unpaired) electrons. The van der Waals surface area contributed by atoms with Gasteiger partial charge in [-0.05, 0) is 50.7 Å². The van der Waals surface area contributed by atoms with Crippen molar-refractivity contribution < 1.29 is 0 Å². The van der Waals surface area contributed by atoms with Gasteiger partial charge in [-0.15, -0.1) is 0 Å². The second-order valence-electron chi connectivity index (χ2n) is 5.71. The molecule has 1 aliphatic rings. The van der Waals surface area contributed by atoms with Gasteiger partial charge in [-0.25, -0.2) is 0 Å². The standard InChI is InChI=1S/C12H26N2/c1-10(12(2,3)4)14-9-11-6-5-7-13-8-11/h10-11,13-14H,5-9H2,1-4H3. The molecular formula is C12H26N2. The van der Waals surface area contributed by atoms with E-state index in [1.807, 2.05) is 0 Å². The zero-order valence-corrected chi connectivity index (χ0v) is 10.2. The van der Waals surface area contributed by atoms with Crippen molar-refractivity contribution in [3.63, 3.8) is 0 Å². The van der Waals surface area contributed by atoms with Crippen molar-refractivity contribution in [2.24, 2.45) is 11.3 Å². The van der Waals surface area contributed by atoms with Crippen LogP contribution in [0, 0.1) is 11.3 Å². The molecule has 1 fully saturated rings. The van der Waals surface area contributed by atoms with Gasteiger partial charge in [0.1, 0.15) is 0 Å². The summed E-state index contributed by atoms with van der Waals surface area (Å²) >= 11 is 0. The lowest BCUT2D eigenvalue weighted by Crippen LogP contribution is -2.43. The lowest BCUT2D eigenvalue weighted by atomic mass is 9.87. The molecule has 1 heterocycles. The molecule has 2 atom stereocenters. The Kier molecular flexibility index (Phi) is 4.39. The van der Waals surface area contributed by atoms with Crippen LogP contribution in [-0.2, 0) is 0 Å². The van der Waals surface area contributed by atoms with Gasteiger partial charge in [-0.1, -0.05) is 20.8 Å². The summed E-state index contributed by atoms with van der Waals surface area (Å²) in [4.78, 5) is 0. The van der Waals surface area contributed by atoms with Crippen LogP contribution in [0.5, 0.6) is 0 Å². The summed E-state index contributed by atoms with van der Waals surface area (Å²) in [5.41, 5.74) is 0.377. The van der Waals surface area contributed by atoms with E-state index in [-0.39, 0.29) is 0 Å². The van der Waals surface area contributed by atoms with Crippen molar-refractivity contribution >= 4 is 0 Å². The van der Waals surface area contributed by atoms with E-state index in [1.54, 1.807) is 0 Å². The van der Waals surface area contributed by atoms with Crippen LogP contribution in [0.4, 0.5) is 0 Å². The first kappa shape index (κ1) is 12.0. The summed E-state index contributed by atoms with van der Waals surface area (Å²) in [5.74, 6) is 0.841. The van der Waals surface area contributed by atoms with E-state index in [4.69, 9.17) is 0 Å². The average molecular weight is 198 g/mol. The Balaban J connectivity index is 2.19. The molecule has 0 aliphatic carbocycles. The molecule has 1 rings (SSSR count). The molecule has 2 unspecified atom stereocenters. The molecule has 2 nitrogen and oxygen atoms in total.